The Morgan fingerprint density at radius 1 is 0.905 bits per heavy atom. The van der Waals surface area contributed by atoms with Crippen LogP contribution in [0.2, 0.25) is 0 Å². The van der Waals surface area contributed by atoms with Crippen molar-refractivity contribution in [2.45, 2.75) is 88.9 Å². The summed E-state index contributed by atoms with van der Waals surface area (Å²) in [5.41, 5.74) is 3.86. The fourth-order valence-electron chi connectivity index (χ4n) is 7.09. The van der Waals surface area contributed by atoms with E-state index in [2.05, 4.69) is 17.4 Å². The summed E-state index contributed by atoms with van der Waals surface area (Å²) in [4.78, 5) is 55.9. The molecule has 2 saturated carbocycles. The third-order valence-electron chi connectivity index (χ3n) is 9.54. The number of urea groups is 1. The third kappa shape index (κ3) is 5.66. The number of hydrogen-bond acceptors (Lipinski definition) is 7. The van der Waals surface area contributed by atoms with Gasteiger partial charge < -0.3 is 4.90 Å². The maximum absolute atomic E-state index is 14.1. The molecule has 0 bridgehead atoms. The highest BCUT2D eigenvalue weighted by atomic mass is 16.2. The number of carbonyl (C=O) groups excluding carboxylic acids is 3. The quantitative estimate of drug-likeness (QED) is 0.522. The fraction of sp³-hybridized carbons (Fsp3) is 0.594. The van der Waals surface area contributed by atoms with Gasteiger partial charge in [0.2, 0.25) is 0 Å². The number of amides is 4. The average molecular weight is 574 g/mol. The topological polar surface area (TPSA) is 101 Å². The number of aliphatic imine (C=N–C) groups is 2. The number of hydrogen-bond donors (Lipinski definition) is 1. The minimum atomic E-state index is -1.10. The van der Waals surface area contributed by atoms with Gasteiger partial charge in [0.25, 0.3) is 11.8 Å². The van der Waals surface area contributed by atoms with Crippen molar-refractivity contribution in [1.29, 1.82) is 0 Å². The second-order valence-corrected chi connectivity index (χ2v) is 12.5. The van der Waals surface area contributed by atoms with Crippen molar-refractivity contribution in [3.05, 3.63) is 41.5 Å². The third-order valence-corrected chi connectivity index (χ3v) is 9.54. The highest BCUT2D eigenvalue weighted by Gasteiger charge is 2.57. The lowest BCUT2D eigenvalue weighted by atomic mass is 9.88. The molecular formula is C32H43N7O3. The van der Waals surface area contributed by atoms with E-state index in [0.717, 1.165) is 95.1 Å². The van der Waals surface area contributed by atoms with Crippen LogP contribution in [0.4, 0.5) is 4.79 Å². The number of piperazine rings is 1. The molecule has 1 atom stereocenters. The minimum absolute atomic E-state index is 0.0493. The zero-order valence-corrected chi connectivity index (χ0v) is 24.9. The number of nitrogens with zero attached hydrogens (tertiary/aromatic N) is 6. The summed E-state index contributed by atoms with van der Waals surface area (Å²) < 4.78 is 0. The smallest absolute Gasteiger partial charge is 0.304 e. The van der Waals surface area contributed by atoms with Crippen LogP contribution in [0.25, 0.3) is 6.08 Å². The summed E-state index contributed by atoms with van der Waals surface area (Å²) >= 11 is 0. The van der Waals surface area contributed by atoms with Gasteiger partial charge in [-0.05, 0) is 51.3 Å². The summed E-state index contributed by atoms with van der Waals surface area (Å²) in [6.07, 6.45) is 13.4. The number of benzene rings is 1. The Kier molecular flexibility index (Phi) is 8.27. The van der Waals surface area contributed by atoms with E-state index in [4.69, 9.17) is 9.98 Å². The first-order valence-corrected chi connectivity index (χ1v) is 15.7. The van der Waals surface area contributed by atoms with Crippen LogP contribution in [-0.2, 0) is 9.59 Å². The second kappa shape index (κ2) is 12.1. The number of likely N-dealkylation sites (N-methyl/N-ethyl adjacent to an activating group) is 1. The van der Waals surface area contributed by atoms with Gasteiger partial charge >= 0.3 is 6.03 Å². The Balaban J connectivity index is 1.22. The molecule has 0 spiro atoms. The van der Waals surface area contributed by atoms with Crippen LogP contribution < -0.4 is 5.43 Å². The predicted octanol–water partition coefficient (Wildman–Crippen LogP) is 3.83. The maximum atomic E-state index is 14.1. The molecule has 224 valence electrons. The molecule has 1 unspecified atom stereocenters. The first-order valence-electron chi connectivity index (χ1n) is 15.7. The van der Waals surface area contributed by atoms with E-state index in [1.165, 1.54) is 11.3 Å². The first kappa shape index (κ1) is 28.7. The summed E-state index contributed by atoms with van der Waals surface area (Å²) in [6.45, 7) is 5.35. The minimum Gasteiger partial charge on any atom is -0.304 e. The van der Waals surface area contributed by atoms with Gasteiger partial charge in [-0.1, -0.05) is 62.8 Å². The van der Waals surface area contributed by atoms with Gasteiger partial charge in [-0.2, -0.15) is 0 Å². The Labute approximate surface area is 248 Å². The van der Waals surface area contributed by atoms with Crippen molar-refractivity contribution in [3.63, 3.8) is 0 Å². The van der Waals surface area contributed by atoms with Gasteiger partial charge in [0.05, 0.1) is 0 Å². The molecule has 4 fully saturated rings. The van der Waals surface area contributed by atoms with Crippen LogP contribution in [-0.4, -0.2) is 100 Å². The molecule has 5 aliphatic rings. The predicted molar refractivity (Wildman–Crippen MR) is 163 cm³/mol. The van der Waals surface area contributed by atoms with Gasteiger partial charge in [-0.3, -0.25) is 24.8 Å². The van der Waals surface area contributed by atoms with Crippen LogP contribution in [0.3, 0.4) is 0 Å². The number of rotatable bonds is 6. The van der Waals surface area contributed by atoms with Crippen molar-refractivity contribution in [2.24, 2.45) is 9.98 Å². The molecule has 42 heavy (non-hydrogen) atoms. The number of hydrazine groups is 1. The van der Waals surface area contributed by atoms with E-state index >= 15 is 0 Å². The largest absolute Gasteiger partial charge is 0.329 e. The normalized spacial score (nSPS) is 26.9. The first-order chi connectivity index (χ1) is 20.3. The molecule has 1 aromatic carbocycles. The molecule has 0 aromatic heterocycles. The highest BCUT2D eigenvalue weighted by molar-refractivity contribution is 6.49. The van der Waals surface area contributed by atoms with Crippen molar-refractivity contribution in [3.8, 4) is 0 Å². The van der Waals surface area contributed by atoms with Crippen molar-refractivity contribution >= 4 is 35.5 Å². The van der Waals surface area contributed by atoms with Gasteiger partial charge in [-0.15, -0.1) is 0 Å². The van der Waals surface area contributed by atoms with Crippen LogP contribution >= 0.6 is 0 Å². The summed E-state index contributed by atoms with van der Waals surface area (Å²) in [6, 6.07) is 7.45. The molecule has 2 aliphatic carbocycles. The van der Waals surface area contributed by atoms with Crippen LogP contribution in [0.15, 0.2) is 40.3 Å². The van der Waals surface area contributed by atoms with Gasteiger partial charge in [-0.25, -0.2) is 19.8 Å². The fourth-order valence-corrected chi connectivity index (χ4v) is 7.09. The Morgan fingerprint density at radius 2 is 1.52 bits per heavy atom. The Morgan fingerprint density at radius 3 is 2.17 bits per heavy atom. The highest BCUT2D eigenvalue weighted by Crippen LogP contribution is 2.40. The number of fused-ring (bicyclic) bond motifs is 1. The monoisotopic (exact) mass is 573 g/mol. The van der Waals surface area contributed by atoms with Crippen LogP contribution in [0.1, 0.15) is 82.3 Å². The summed E-state index contributed by atoms with van der Waals surface area (Å²) in [5, 5.41) is 1.95. The molecule has 0 radical (unpaired) electrons. The maximum Gasteiger partial charge on any atom is 0.329 e. The van der Waals surface area contributed by atoms with Gasteiger partial charge in [0.15, 0.2) is 17.2 Å². The van der Waals surface area contributed by atoms with Crippen LogP contribution in [0.5, 0.6) is 0 Å². The van der Waals surface area contributed by atoms with E-state index in [1.807, 2.05) is 41.1 Å². The number of amidine groups is 1. The van der Waals surface area contributed by atoms with E-state index < -0.39 is 5.66 Å². The Bertz CT molecular complexity index is 1290. The summed E-state index contributed by atoms with van der Waals surface area (Å²) in [5.74, 6) is 0.0371. The molecule has 10 nitrogen and oxygen atoms in total. The lowest BCUT2D eigenvalue weighted by molar-refractivity contribution is -0.127. The molecule has 6 rings (SSSR count). The standard InChI is InChI=1S/C32H43N7O3/c1-32-28(30(41)38(25-9-5-3-6-10-25)31(42)39(32)26-11-7-4-8-12-26)33-29(34-32)24-16-13-23(14-17-24)15-18-27(40)35-37-21-19-36(2)20-22-37/h13-18,25-26H,3-12,19-22H2,1-2H3,(H,35,40)/b18-15+. The van der Waals surface area contributed by atoms with E-state index in [-0.39, 0.29) is 29.9 Å². The van der Waals surface area contributed by atoms with Crippen molar-refractivity contribution in [1.82, 2.24) is 25.1 Å². The van der Waals surface area contributed by atoms with E-state index in [0.29, 0.717) is 11.5 Å². The van der Waals surface area contributed by atoms with Gasteiger partial charge in [0, 0.05) is 49.9 Å². The molecule has 3 aliphatic heterocycles. The molecule has 1 N–H and O–H groups in total. The van der Waals surface area contributed by atoms with Crippen LogP contribution in [0, 0.1) is 0 Å². The second-order valence-electron chi connectivity index (χ2n) is 12.5. The lowest BCUT2D eigenvalue weighted by Crippen LogP contribution is -2.71. The SMILES string of the molecule is CN1CCN(NC(=O)/C=C/c2ccc(C3=NC4(C)C(=N3)C(=O)N(C3CCCCC3)C(=O)N4C3CCCCC3)cc2)CC1. The van der Waals surface area contributed by atoms with Crippen molar-refractivity contribution in [2.75, 3.05) is 33.2 Å². The zero-order valence-electron chi connectivity index (χ0n) is 24.9. The molecule has 10 heteroatoms. The lowest BCUT2D eigenvalue weighted by Gasteiger charge is -2.50. The van der Waals surface area contributed by atoms with E-state index in [1.54, 1.807) is 12.2 Å². The zero-order chi connectivity index (χ0) is 29.3. The molecule has 3 heterocycles. The van der Waals surface area contributed by atoms with E-state index in [9.17, 15) is 14.4 Å². The molecular weight excluding hydrogens is 530 g/mol. The average Bonchev–Trinajstić information content (AvgIpc) is 3.37. The number of carbonyl (C=O) groups is 3. The number of imide groups is 1. The summed E-state index contributed by atoms with van der Waals surface area (Å²) in [7, 11) is 2.08. The molecule has 4 amide bonds. The Hall–Kier alpha value is -3.37. The molecule has 1 aromatic rings. The molecule has 2 saturated heterocycles. The van der Waals surface area contributed by atoms with Gasteiger partial charge in [0.1, 0.15) is 0 Å². The number of nitrogens with one attached hydrogen (secondary N) is 1. The van der Waals surface area contributed by atoms with Crippen molar-refractivity contribution < 1.29 is 14.4 Å².